The van der Waals surface area contributed by atoms with E-state index in [0.29, 0.717) is 13.0 Å². The van der Waals surface area contributed by atoms with Crippen molar-refractivity contribution < 1.29 is 4.79 Å². The number of hydrogen-bond donors (Lipinski definition) is 2. The highest BCUT2D eigenvalue weighted by molar-refractivity contribution is 5.78. The second-order valence-corrected chi connectivity index (χ2v) is 2.19. The first-order valence-electron chi connectivity index (χ1n) is 2.97. The van der Waals surface area contributed by atoms with Crippen LogP contribution in [0, 0.1) is 0 Å². The minimum Gasteiger partial charge on any atom is -0.326 e. The van der Waals surface area contributed by atoms with Gasteiger partial charge in [0.05, 0.1) is 6.54 Å². The molecular weight excluding hydrogens is 118 g/mol. The van der Waals surface area contributed by atoms with Crippen molar-refractivity contribution in [2.45, 2.75) is 12.5 Å². The van der Waals surface area contributed by atoms with Crippen molar-refractivity contribution in [1.29, 1.82) is 0 Å². The van der Waals surface area contributed by atoms with E-state index in [0.717, 1.165) is 0 Å². The first-order chi connectivity index (χ1) is 4.24. The number of rotatable bonds is 1. The number of carbonyl (C=O) groups excluding carboxylic acids is 1. The summed E-state index contributed by atoms with van der Waals surface area (Å²) in [6, 6.07) is 0.0185. The second-order valence-electron chi connectivity index (χ2n) is 2.19. The molecule has 4 heteroatoms. The Kier molecular flexibility index (Phi) is 1.68. The lowest BCUT2D eigenvalue weighted by Crippen LogP contribution is -2.37. The second kappa shape index (κ2) is 2.33. The Morgan fingerprint density at radius 2 is 2.56 bits per heavy atom. The normalized spacial score (nSPS) is 27.6. The van der Waals surface area contributed by atoms with E-state index in [1.54, 1.807) is 7.05 Å². The number of hydrazine groups is 1. The molecule has 0 aromatic heterocycles. The molecule has 0 radical (unpaired) electrons. The molecule has 1 aliphatic rings. The Morgan fingerprint density at radius 1 is 1.89 bits per heavy atom. The van der Waals surface area contributed by atoms with Gasteiger partial charge < -0.3 is 5.73 Å². The summed E-state index contributed by atoms with van der Waals surface area (Å²) in [5, 5.41) is 1.53. The maximum absolute atomic E-state index is 10.8. The summed E-state index contributed by atoms with van der Waals surface area (Å²) in [5.41, 5.74) is 8.24. The average Bonchev–Trinajstić information content (AvgIpc) is 2.10. The first-order valence-corrected chi connectivity index (χ1v) is 2.97. The maximum atomic E-state index is 10.8. The zero-order valence-electron chi connectivity index (χ0n) is 5.42. The van der Waals surface area contributed by atoms with Crippen molar-refractivity contribution in [3.8, 4) is 0 Å². The zero-order chi connectivity index (χ0) is 6.85. The Morgan fingerprint density at radius 3 is 2.78 bits per heavy atom. The molecule has 3 N–H and O–H groups in total. The van der Waals surface area contributed by atoms with Gasteiger partial charge in [0, 0.05) is 19.5 Å². The number of carbonyl (C=O) groups is 1. The highest BCUT2D eigenvalue weighted by Gasteiger charge is 2.25. The van der Waals surface area contributed by atoms with E-state index in [-0.39, 0.29) is 11.9 Å². The fourth-order valence-electron chi connectivity index (χ4n) is 0.951. The highest BCUT2D eigenvalue weighted by atomic mass is 16.2. The molecule has 0 aromatic carbocycles. The third kappa shape index (κ3) is 1.20. The van der Waals surface area contributed by atoms with Crippen LogP contribution in [0.25, 0.3) is 0 Å². The van der Waals surface area contributed by atoms with Crippen LogP contribution in [0.15, 0.2) is 0 Å². The van der Waals surface area contributed by atoms with Gasteiger partial charge in [-0.3, -0.25) is 9.80 Å². The van der Waals surface area contributed by atoms with Gasteiger partial charge in [-0.2, -0.15) is 0 Å². The van der Waals surface area contributed by atoms with Gasteiger partial charge in [-0.25, -0.2) is 5.43 Å². The van der Waals surface area contributed by atoms with E-state index in [4.69, 9.17) is 5.73 Å². The Bertz CT molecular complexity index is 125. The van der Waals surface area contributed by atoms with E-state index >= 15 is 0 Å². The summed E-state index contributed by atoms with van der Waals surface area (Å²) in [4.78, 5) is 10.8. The van der Waals surface area contributed by atoms with Gasteiger partial charge in [0.25, 0.3) is 0 Å². The van der Waals surface area contributed by atoms with Gasteiger partial charge >= 0.3 is 0 Å². The summed E-state index contributed by atoms with van der Waals surface area (Å²) < 4.78 is 0. The number of nitrogens with one attached hydrogen (secondary N) is 1. The van der Waals surface area contributed by atoms with Crippen LogP contribution in [0.1, 0.15) is 6.42 Å². The SMILES string of the molecule is CNN1CC(N)CC1=O. The van der Waals surface area contributed by atoms with Gasteiger partial charge in [-0.15, -0.1) is 0 Å². The van der Waals surface area contributed by atoms with Crippen LogP contribution in [0.2, 0.25) is 0 Å². The molecule has 1 saturated heterocycles. The maximum Gasteiger partial charge on any atom is 0.238 e. The van der Waals surface area contributed by atoms with Crippen LogP contribution in [-0.4, -0.2) is 30.6 Å². The first kappa shape index (κ1) is 6.51. The average molecular weight is 129 g/mol. The molecule has 4 nitrogen and oxygen atoms in total. The topological polar surface area (TPSA) is 58.4 Å². The van der Waals surface area contributed by atoms with Gasteiger partial charge in [0.15, 0.2) is 0 Å². The standard InChI is InChI=1S/C5H11N3O/c1-7-8-3-4(6)2-5(8)9/h4,7H,2-3,6H2,1H3. The van der Waals surface area contributed by atoms with Crippen LogP contribution < -0.4 is 11.2 Å². The molecular formula is C5H11N3O. The Labute approximate surface area is 54.0 Å². The monoisotopic (exact) mass is 129 g/mol. The summed E-state index contributed by atoms with van der Waals surface area (Å²) in [6.07, 6.45) is 0.473. The van der Waals surface area contributed by atoms with Crippen LogP contribution in [0.3, 0.4) is 0 Å². The van der Waals surface area contributed by atoms with Crippen LogP contribution in [0.5, 0.6) is 0 Å². The highest BCUT2D eigenvalue weighted by Crippen LogP contribution is 2.04. The molecule has 0 spiro atoms. The number of nitrogens with two attached hydrogens (primary N) is 1. The number of amides is 1. The smallest absolute Gasteiger partial charge is 0.238 e. The van der Waals surface area contributed by atoms with E-state index < -0.39 is 0 Å². The minimum absolute atomic E-state index is 0.0185. The van der Waals surface area contributed by atoms with E-state index in [1.165, 1.54) is 5.01 Å². The van der Waals surface area contributed by atoms with E-state index in [2.05, 4.69) is 5.43 Å². The molecule has 1 heterocycles. The van der Waals surface area contributed by atoms with Crippen molar-refractivity contribution in [2.75, 3.05) is 13.6 Å². The number of nitrogens with zero attached hydrogens (tertiary/aromatic N) is 1. The molecule has 1 amide bonds. The summed E-state index contributed by atoms with van der Waals surface area (Å²) in [6.45, 7) is 0.634. The lowest BCUT2D eigenvalue weighted by atomic mass is 10.3. The van der Waals surface area contributed by atoms with E-state index in [1.807, 2.05) is 0 Å². The van der Waals surface area contributed by atoms with Crippen molar-refractivity contribution in [3.05, 3.63) is 0 Å². The molecule has 0 bridgehead atoms. The molecule has 1 atom stereocenters. The minimum atomic E-state index is 0.0185. The summed E-state index contributed by atoms with van der Waals surface area (Å²) in [5.74, 6) is 0.0880. The lowest BCUT2D eigenvalue weighted by molar-refractivity contribution is -0.129. The summed E-state index contributed by atoms with van der Waals surface area (Å²) >= 11 is 0. The molecule has 0 saturated carbocycles. The molecule has 0 aliphatic carbocycles. The van der Waals surface area contributed by atoms with Crippen molar-refractivity contribution in [1.82, 2.24) is 10.4 Å². The Hall–Kier alpha value is -0.610. The quantitative estimate of drug-likeness (QED) is 0.461. The predicted molar refractivity (Wildman–Crippen MR) is 33.4 cm³/mol. The van der Waals surface area contributed by atoms with Gasteiger partial charge in [-0.1, -0.05) is 0 Å². The molecule has 9 heavy (non-hydrogen) atoms. The van der Waals surface area contributed by atoms with Gasteiger partial charge in [0.1, 0.15) is 0 Å². The molecule has 1 rings (SSSR count). The zero-order valence-corrected chi connectivity index (χ0v) is 5.42. The van der Waals surface area contributed by atoms with Crippen molar-refractivity contribution >= 4 is 5.91 Å². The van der Waals surface area contributed by atoms with Crippen LogP contribution in [-0.2, 0) is 4.79 Å². The predicted octanol–water partition coefficient (Wildman–Crippen LogP) is -1.32. The molecule has 0 aromatic rings. The third-order valence-corrected chi connectivity index (χ3v) is 1.42. The molecule has 52 valence electrons. The Balaban J connectivity index is 2.48. The molecule has 1 aliphatic heterocycles. The van der Waals surface area contributed by atoms with Crippen molar-refractivity contribution in [2.24, 2.45) is 5.73 Å². The molecule has 1 unspecified atom stereocenters. The number of hydrogen-bond acceptors (Lipinski definition) is 3. The third-order valence-electron chi connectivity index (χ3n) is 1.42. The van der Waals surface area contributed by atoms with Gasteiger partial charge in [-0.05, 0) is 0 Å². The lowest BCUT2D eigenvalue weighted by Gasteiger charge is -2.12. The molecule has 1 fully saturated rings. The van der Waals surface area contributed by atoms with Gasteiger partial charge in [0.2, 0.25) is 5.91 Å². The van der Waals surface area contributed by atoms with Crippen LogP contribution in [0.4, 0.5) is 0 Å². The largest absolute Gasteiger partial charge is 0.326 e. The fourth-order valence-corrected chi connectivity index (χ4v) is 0.951. The van der Waals surface area contributed by atoms with Crippen molar-refractivity contribution in [3.63, 3.8) is 0 Å². The fraction of sp³-hybridized carbons (Fsp3) is 0.800. The van der Waals surface area contributed by atoms with E-state index in [9.17, 15) is 4.79 Å². The van der Waals surface area contributed by atoms with Crippen LogP contribution >= 0.6 is 0 Å². The summed E-state index contributed by atoms with van der Waals surface area (Å²) in [7, 11) is 1.72.